The number of anilines is 3. The zero-order valence-electron chi connectivity index (χ0n) is 20.3. The maximum Gasteiger partial charge on any atom is 0.219 e. The number of methoxy groups -OCH3 is 1. The number of ketones is 1. The first-order valence-corrected chi connectivity index (χ1v) is 12.2. The molecule has 0 radical (unpaired) electrons. The molecule has 0 bridgehead atoms. The van der Waals surface area contributed by atoms with Gasteiger partial charge in [0, 0.05) is 56.2 Å². The van der Waals surface area contributed by atoms with Gasteiger partial charge in [-0.1, -0.05) is 12.1 Å². The van der Waals surface area contributed by atoms with E-state index in [1.807, 2.05) is 42.2 Å². The number of carbonyl (C=O) groups is 2. The number of nitrogens with one attached hydrogen (secondary N) is 2. The van der Waals surface area contributed by atoms with Gasteiger partial charge in [0.1, 0.15) is 5.78 Å². The monoisotopic (exact) mass is 495 g/mol. The van der Waals surface area contributed by atoms with Gasteiger partial charge in [-0.15, -0.1) is 0 Å². The highest BCUT2D eigenvalue weighted by molar-refractivity contribution is 7.99. The van der Waals surface area contributed by atoms with Gasteiger partial charge in [-0.2, -0.15) is 5.10 Å². The molecule has 4 rings (SSSR count). The van der Waals surface area contributed by atoms with E-state index in [0.29, 0.717) is 61.0 Å². The molecule has 11 heteroatoms. The topological polar surface area (TPSA) is 116 Å². The minimum Gasteiger partial charge on any atom is -0.490 e. The number of carbonyl (C=O) groups excluding carboxylic acids is 2. The van der Waals surface area contributed by atoms with Gasteiger partial charge in [0.2, 0.25) is 11.7 Å². The number of Topliss-reactive ketones (excluding diaryl/α,β-unsaturated/α-hetero) is 1. The van der Waals surface area contributed by atoms with Crippen LogP contribution in [0.1, 0.15) is 25.1 Å². The van der Waals surface area contributed by atoms with Crippen molar-refractivity contribution < 1.29 is 14.3 Å². The minimum absolute atomic E-state index is 0.0695. The number of benzene rings is 1. The van der Waals surface area contributed by atoms with E-state index in [-0.39, 0.29) is 11.7 Å². The van der Waals surface area contributed by atoms with E-state index in [4.69, 9.17) is 14.7 Å². The van der Waals surface area contributed by atoms with Crippen LogP contribution in [0.15, 0.2) is 40.4 Å². The molecule has 1 aliphatic heterocycles. The number of aryl methyl sites for hydroxylation is 1. The van der Waals surface area contributed by atoms with Crippen molar-refractivity contribution in [1.82, 2.24) is 25.1 Å². The molecule has 2 aromatic heterocycles. The van der Waals surface area contributed by atoms with E-state index in [9.17, 15) is 9.59 Å². The average molecular weight is 496 g/mol. The smallest absolute Gasteiger partial charge is 0.219 e. The van der Waals surface area contributed by atoms with E-state index >= 15 is 0 Å². The van der Waals surface area contributed by atoms with E-state index in [0.717, 1.165) is 16.2 Å². The second-order valence-corrected chi connectivity index (χ2v) is 9.43. The van der Waals surface area contributed by atoms with Crippen LogP contribution in [0.3, 0.4) is 0 Å². The first kappa shape index (κ1) is 24.5. The van der Waals surface area contributed by atoms with Gasteiger partial charge in [0.05, 0.1) is 7.11 Å². The van der Waals surface area contributed by atoms with Crippen LogP contribution in [0.4, 0.5) is 17.5 Å². The summed E-state index contributed by atoms with van der Waals surface area (Å²) in [5.41, 5.74) is 1.89. The molecule has 1 fully saturated rings. The summed E-state index contributed by atoms with van der Waals surface area (Å²) in [4.78, 5) is 37.6. The number of ether oxygens (including phenoxy) is 1. The molecule has 3 aromatic rings. The number of aromatic nitrogens is 4. The summed E-state index contributed by atoms with van der Waals surface area (Å²) in [5.74, 6) is 2.51. The Labute approximate surface area is 208 Å². The molecule has 10 nitrogen and oxygen atoms in total. The Hall–Kier alpha value is -3.60. The lowest BCUT2D eigenvalue weighted by Crippen LogP contribution is -2.48. The molecule has 1 saturated heterocycles. The Morgan fingerprint density at radius 3 is 2.40 bits per heavy atom. The van der Waals surface area contributed by atoms with Crippen molar-refractivity contribution in [2.75, 3.05) is 43.5 Å². The maximum atomic E-state index is 11.8. The van der Waals surface area contributed by atoms with Gasteiger partial charge < -0.3 is 19.9 Å². The third-order valence-electron chi connectivity index (χ3n) is 5.59. The largest absolute Gasteiger partial charge is 0.490 e. The normalized spacial score (nSPS) is 13.6. The number of piperazine rings is 1. The maximum absolute atomic E-state index is 11.8. The quantitative estimate of drug-likeness (QED) is 0.454. The van der Waals surface area contributed by atoms with Crippen molar-refractivity contribution in [2.24, 2.45) is 0 Å². The fraction of sp³-hybridized carbons (Fsp3) is 0.375. The van der Waals surface area contributed by atoms with Crippen LogP contribution in [-0.4, -0.2) is 70.0 Å². The van der Waals surface area contributed by atoms with Gasteiger partial charge in [0.25, 0.3) is 0 Å². The first-order chi connectivity index (χ1) is 16.8. The van der Waals surface area contributed by atoms with Gasteiger partial charge in [0.15, 0.2) is 22.6 Å². The Morgan fingerprint density at radius 2 is 1.83 bits per heavy atom. The summed E-state index contributed by atoms with van der Waals surface area (Å²) in [6.45, 7) is 7.60. The van der Waals surface area contributed by atoms with Crippen molar-refractivity contribution in [3.8, 4) is 5.75 Å². The highest BCUT2D eigenvalue weighted by atomic mass is 32.2. The minimum atomic E-state index is 0.0695. The van der Waals surface area contributed by atoms with Gasteiger partial charge >= 0.3 is 0 Å². The van der Waals surface area contributed by atoms with Crippen molar-refractivity contribution >= 4 is 40.9 Å². The molecule has 35 heavy (non-hydrogen) atoms. The fourth-order valence-electron chi connectivity index (χ4n) is 3.86. The van der Waals surface area contributed by atoms with Gasteiger partial charge in [-0.3, -0.25) is 14.7 Å². The summed E-state index contributed by atoms with van der Waals surface area (Å²) in [7, 11) is 1.59. The van der Waals surface area contributed by atoms with E-state index in [1.165, 1.54) is 11.8 Å². The van der Waals surface area contributed by atoms with Gasteiger partial charge in [-0.05, 0) is 43.3 Å². The van der Waals surface area contributed by atoms with Crippen LogP contribution in [0, 0.1) is 6.92 Å². The molecule has 184 valence electrons. The summed E-state index contributed by atoms with van der Waals surface area (Å²) in [6, 6.07) is 9.70. The number of H-pyrrole nitrogens is 1. The fourth-order valence-corrected chi connectivity index (χ4v) is 4.61. The van der Waals surface area contributed by atoms with Crippen LogP contribution in [0.2, 0.25) is 0 Å². The molecular weight excluding hydrogens is 466 g/mol. The third kappa shape index (κ3) is 6.10. The third-order valence-corrected chi connectivity index (χ3v) is 6.47. The second-order valence-electron chi connectivity index (χ2n) is 8.39. The number of rotatable bonds is 8. The lowest BCUT2D eigenvalue weighted by Gasteiger charge is -2.35. The summed E-state index contributed by atoms with van der Waals surface area (Å²) < 4.78 is 5.75. The number of hydrogen-bond acceptors (Lipinski definition) is 9. The van der Waals surface area contributed by atoms with Crippen molar-refractivity contribution in [2.45, 2.75) is 37.2 Å². The van der Waals surface area contributed by atoms with E-state index < -0.39 is 0 Å². The lowest BCUT2D eigenvalue weighted by molar-refractivity contribution is -0.129. The van der Waals surface area contributed by atoms with Crippen LogP contribution in [0.25, 0.3) is 0 Å². The molecule has 0 saturated carbocycles. The second kappa shape index (κ2) is 10.8. The molecule has 0 spiro atoms. The molecule has 1 aromatic carbocycles. The number of nitrogens with zero attached hydrogens (tertiary/aromatic N) is 5. The van der Waals surface area contributed by atoms with E-state index in [1.54, 1.807) is 21.0 Å². The summed E-state index contributed by atoms with van der Waals surface area (Å²) in [5, 5.41) is 11.0. The summed E-state index contributed by atoms with van der Waals surface area (Å²) >= 11 is 1.43. The summed E-state index contributed by atoms with van der Waals surface area (Å²) in [6.07, 6.45) is 0.414. The van der Waals surface area contributed by atoms with Crippen LogP contribution >= 0.6 is 11.8 Å². The molecule has 1 amide bonds. The average Bonchev–Trinajstić information content (AvgIpc) is 3.24. The highest BCUT2D eigenvalue weighted by Crippen LogP contribution is 2.38. The standard InChI is InChI=1S/C24H29N7O3S/c1-15-13-20(29-28-15)25-22-21(34-4)23(31-11-9-30(10-12-31)17(3)33)27-24(26-22)35-19-7-5-18(6-8-19)14-16(2)32/h5-8,13H,9-12,14H2,1-4H3,(H2,25,26,27,28,29). The molecule has 1 aliphatic rings. The predicted octanol–water partition coefficient (Wildman–Crippen LogP) is 3.21. The Balaban J connectivity index is 1.66. The Morgan fingerprint density at radius 1 is 1.11 bits per heavy atom. The van der Waals surface area contributed by atoms with Crippen molar-refractivity contribution in [1.29, 1.82) is 0 Å². The SMILES string of the molecule is COc1c(Nc2cc(C)[nH]n2)nc(Sc2ccc(CC(C)=O)cc2)nc1N1CCN(C(C)=O)CC1. The molecule has 2 N–H and O–H groups in total. The zero-order valence-corrected chi connectivity index (χ0v) is 21.1. The molecule has 0 aliphatic carbocycles. The van der Waals surface area contributed by atoms with Crippen LogP contribution in [0.5, 0.6) is 5.75 Å². The highest BCUT2D eigenvalue weighted by Gasteiger charge is 2.26. The van der Waals surface area contributed by atoms with E-state index in [2.05, 4.69) is 20.4 Å². The predicted molar refractivity (Wildman–Crippen MR) is 135 cm³/mol. The van der Waals surface area contributed by atoms with Crippen LogP contribution < -0.4 is 15.0 Å². The van der Waals surface area contributed by atoms with Crippen molar-refractivity contribution in [3.05, 3.63) is 41.6 Å². The number of aromatic amines is 1. The van der Waals surface area contributed by atoms with Crippen molar-refractivity contribution in [3.63, 3.8) is 0 Å². The van der Waals surface area contributed by atoms with Crippen LogP contribution in [-0.2, 0) is 16.0 Å². The molecular formula is C24H29N7O3S. The zero-order chi connectivity index (χ0) is 24.9. The first-order valence-electron chi connectivity index (χ1n) is 11.3. The molecule has 0 unspecified atom stereocenters. The Bertz CT molecular complexity index is 1200. The number of hydrogen-bond donors (Lipinski definition) is 2. The molecule has 3 heterocycles. The van der Waals surface area contributed by atoms with Gasteiger partial charge in [-0.25, -0.2) is 9.97 Å². The molecule has 0 atom stereocenters. The number of amides is 1. The lowest BCUT2D eigenvalue weighted by atomic mass is 10.1. The Kier molecular flexibility index (Phi) is 7.54.